The van der Waals surface area contributed by atoms with E-state index in [1.54, 1.807) is 55.6 Å². The monoisotopic (exact) mass is 447 g/mol. The molecule has 0 fully saturated rings. The molecule has 0 atom stereocenters. The van der Waals surface area contributed by atoms with E-state index in [9.17, 15) is 9.59 Å². The lowest BCUT2D eigenvalue weighted by Gasteiger charge is -2.14. The number of fused-ring (bicyclic) bond motifs is 1. The summed E-state index contributed by atoms with van der Waals surface area (Å²) in [6.07, 6.45) is 4.56. The van der Waals surface area contributed by atoms with Crippen molar-refractivity contribution in [2.24, 2.45) is 0 Å². The number of ketones is 1. The highest BCUT2D eigenvalue weighted by molar-refractivity contribution is 6.15. The van der Waals surface area contributed by atoms with Gasteiger partial charge in [-0.15, -0.1) is 0 Å². The van der Waals surface area contributed by atoms with Gasteiger partial charge in [0, 0.05) is 23.5 Å². The Balaban J connectivity index is 1.66. The van der Waals surface area contributed by atoms with Crippen LogP contribution in [0.4, 0.5) is 0 Å². The molecule has 0 bridgehead atoms. The number of carbonyl (C=O) groups is 2. The highest BCUT2D eigenvalue weighted by Crippen LogP contribution is 2.43. The zero-order valence-electron chi connectivity index (χ0n) is 18.5. The smallest absolute Gasteiger partial charge is 0.345 e. The van der Waals surface area contributed by atoms with Crippen molar-refractivity contribution < 1.29 is 33.3 Å². The lowest BCUT2D eigenvalue weighted by atomic mass is 10.1. The molecule has 2 heterocycles. The Bertz CT molecular complexity index is 1270. The lowest BCUT2D eigenvalue weighted by molar-refractivity contribution is 0.0732. The van der Waals surface area contributed by atoms with Crippen LogP contribution in [0.15, 0.2) is 54.6 Å². The fourth-order valence-corrected chi connectivity index (χ4v) is 3.50. The summed E-state index contributed by atoms with van der Waals surface area (Å²) in [6.45, 7) is 1.72. The third-order valence-electron chi connectivity index (χ3n) is 5.16. The second-order valence-corrected chi connectivity index (χ2v) is 7.06. The van der Waals surface area contributed by atoms with Crippen molar-refractivity contribution in [3.63, 3.8) is 0 Å². The summed E-state index contributed by atoms with van der Waals surface area (Å²) in [6, 6.07) is 9.85. The van der Waals surface area contributed by atoms with Crippen molar-refractivity contribution in [2.75, 3.05) is 21.3 Å². The molecule has 0 spiro atoms. The molecule has 0 saturated carbocycles. The number of carbonyl (C=O) groups excluding carboxylic acids is 2. The molecule has 1 aromatic heterocycles. The Kier molecular flexibility index (Phi) is 5.99. The quantitative estimate of drug-likeness (QED) is 0.315. The molecule has 0 N–H and O–H groups in total. The number of allylic oxidation sites excluding steroid dienone is 1. The highest BCUT2D eigenvalue weighted by Gasteiger charge is 2.31. The van der Waals surface area contributed by atoms with Gasteiger partial charge in [0.15, 0.2) is 17.3 Å². The summed E-state index contributed by atoms with van der Waals surface area (Å²) in [5.74, 6) is 1.18. The van der Waals surface area contributed by atoms with Crippen LogP contribution >= 0.6 is 0 Å². The number of esters is 1. The molecule has 1 aliphatic rings. The fourth-order valence-electron chi connectivity index (χ4n) is 3.50. The Hall–Kier alpha value is -4.33. The number of benzene rings is 2. The lowest BCUT2D eigenvalue weighted by Crippen LogP contribution is -2.09. The van der Waals surface area contributed by atoms with Crippen LogP contribution in [0.2, 0.25) is 0 Å². The maximum atomic E-state index is 13.0. The average Bonchev–Trinajstić information content (AvgIpc) is 3.16. The molecule has 3 aromatic rings. The van der Waals surface area contributed by atoms with Crippen molar-refractivity contribution in [3.8, 4) is 28.7 Å². The number of methoxy groups -OCH3 is 3. The van der Waals surface area contributed by atoms with E-state index in [0.717, 1.165) is 0 Å². The molecule has 0 amide bonds. The molecule has 0 unspecified atom stereocenters. The van der Waals surface area contributed by atoms with Gasteiger partial charge in [0.2, 0.25) is 11.5 Å². The van der Waals surface area contributed by atoms with E-state index in [1.165, 1.54) is 27.5 Å². The minimum atomic E-state index is -0.554. The average molecular weight is 447 g/mol. The Morgan fingerprint density at radius 1 is 0.970 bits per heavy atom. The first-order valence-corrected chi connectivity index (χ1v) is 9.97. The van der Waals surface area contributed by atoms with Gasteiger partial charge in [-0.25, -0.2) is 4.79 Å². The number of nitrogens with zero attached hydrogens (tertiary/aromatic N) is 1. The molecule has 0 aliphatic carbocycles. The molecule has 2 aromatic carbocycles. The van der Waals surface area contributed by atoms with Crippen molar-refractivity contribution >= 4 is 17.8 Å². The van der Waals surface area contributed by atoms with Crippen LogP contribution in [0.3, 0.4) is 0 Å². The van der Waals surface area contributed by atoms with Gasteiger partial charge in [0.1, 0.15) is 11.5 Å². The van der Waals surface area contributed by atoms with Crippen LogP contribution in [-0.2, 0) is 0 Å². The van der Waals surface area contributed by atoms with Gasteiger partial charge in [-0.3, -0.25) is 9.78 Å². The Labute approximate surface area is 190 Å². The summed E-state index contributed by atoms with van der Waals surface area (Å²) in [5, 5.41) is 0. The summed E-state index contributed by atoms with van der Waals surface area (Å²) >= 11 is 0. The van der Waals surface area contributed by atoms with Gasteiger partial charge in [-0.1, -0.05) is 0 Å². The summed E-state index contributed by atoms with van der Waals surface area (Å²) in [7, 11) is 4.53. The van der Waals surface area contributed by atoms with Crippen molar-refractivity contribution in [3.05, 3.63) is 76.8 Å². The minimum absolute atomic E-state index is 0.106. The summed E-state index contributed by atoms with van der Waals surface area (Å²) in [4.78, 5) is 29.3. The molecular weight excluding hydrogens is 426 g/mol. The van der Waals surface area contributed by atoms with Crippen molar-refractivity contribution in [1.29, 1.82) is 0 Å². The number of aromatic nitrogens is 1. The van der Waals surface area contributed by atoms with E-state index in [-0.39, 0.29) is 11.5 Å². The minimum Gasteiger partial charge on any atom is -0.493 e. The SMILES string of the molecule is COc1ccc(/C=C2\Oc3c(ccc(OC(=O)c4cccnc4)c3C)C2=O)c(OC)c1OC. The van der Waals surface area contributed by atoms with Crippen LogP contribution in [0, 0.1) is 6.92 Å². The van der Waals surface area contributed by atoms with Crippen LogP contribution in [0.5, 0.6) is 28.7 Å². The van der Waals surface area contributed by atoms with E-state index >= 15 is 0 Å². The molecule has 168 valence electrons. The molecular formula is C25H21NO7. The number of hydrogen-bond donors (Lipinski definition) is 0. The molecule has 8 nitrogen and oxygen atoms in total. The predicted octanol–water partition coefficient (Wildman–Crippen LogP) is 4.25. The van der Waals surface area contributed by atoms with Gasteiger partial charge in [0.05, 0.1) is 32.5 Å². The molecule has 1 aliphatic heterocycles. The van der Waals surface area contributed by atoms with Gasteiger partial charge in [-0.2, -0.15) is 0 Å². The maximum Gasteiger partial charge on any atom is 0.345 e. The second-order valence-electron chi connectivity index (χ2n) is 7.06. The fraction of sp³-hybridized carbons (Fsp3) is 0.160. The topological polar surface area (TPSA) is 93.2 Å². The van der Waals surface area contributed by atoms with Gasteiger partial charge in [-0.05, 0) is 49.4 Å². The molecule has 0 saturated heterocycles. The van der Waals surface area contributed by atoms with Crippen molar-refractivity contribution in [1.82, 2.24) is 4.98 Å². The Morgan fingerprint density at radius 3 is 2.39 bits per heavy atom. The molecule has 8 heteroatoms. The third kappa shape index (κ3) is 3.98. The van der Waals surface area contributed by atoms with E-state index in [0.29, 0.717) is 51.0 Å². The maximum absolute atomic E-state index is 13.0. The van der Waals surface area contributed by atoms with Crippen molar-refractivity contribution in [2.45, 2.75) is 6.92 Å². The van der Waals surface area contributed by atoms with Crippen LogP contribution < -0.4 is 23.7 Å². The molecule has 4 rings (SSSR count). The Morgan fingerprint density at radius 2 is 1.73 bits per heavy atom. The van der Waals surface area contributed by atoms with E-state index in [2.05, 4.69) is 4.98 Å². The molecule has 0 radical (unpaired) electrons. The first-order valence-electron chi connectivity index (χ1n) is 9.97. The number of rotatable bonds is 6. The van der Waals surface area contributed by atoms with Crippen LogP contribution in [-0.4, -0.2) is 38.1 Å². The van der Waals surface area contributed by atoms with Crippen LogP contribution in [0.1, 0.15) is 31.8 Å². The number of Topliss-reactive ketones (excluding diaryl/α,β-unsaturated/α-hetero) is 1. The summed E-state index contributed by atoms with van der Waals surface area (Å²) < 4.78 is 27.6. The second kappa shape index (κ2) is 9.04. The first kappa shape index (κ1) is 21.9. The van der Waals surface area contributed by atoms with Crippen LogP contribution in [0.25, 0.3) is 6.08 Å². The predicted molar refractivity (Wildman–Crippen MR) is 119 cm³/mol. The zero-order chi connectivity index (χ0) is 23.5. The zero-order valence-corrected chi connectivity index (χ0v) is 18.5. The standard InChI is InChI=1S/C25H21NO7/c1-14-18(33-25(28)16-6-5-11-26-13-16)10-8-17-21(27)20(32-22(14)17)12-15-7-9-19(29-2)24(31-4)23(15)30-3/h5-13H,1-4H3/b20-12-. The van der Waals surface area contributed by atoms with E-state index < -0.39 is 5.97 Å². The van der Waals surface area contributed by atoms with Gasteiger partial charge >= 0.3 is 5.97 Å². The van der Waals surface area contributed by atoms with E-state index in [1.807, 2.05) is 0 Å². The van der Waals surface area contributed by atoms with E-state index in [4.69, 9.17) is 23.7 Å². The first-order chi connectivity index (χ1) is 16.0. The third-order valence-corrected chi connectivity index (χ3v) is 5.16. The number of hydrogen-bond acceptors (Lipinski definition) is 8. The highest BCUT2D eigenvalue weighted by atomic mass is 16.5. The van der Waals surface area contributed by atoms with Gasteiger partial charge < -0.3 is 23.7 Å². The number of pyridine rings is 1. The van der Waals surface area contributed by atoms with Gasteiger partial charge in [0.25, 0.3) is 0 Å². The number of ether oxygens (including phenoxy) is 5. The normalized spacial score (nSPS) is 13.3. The molecule has 33 heavy (non-hydrogen) atoms. The summed E-state index contributed by atoms with van der Waals surface area (Å²) in [5.41, 5.74) is 1.79. The largest absolute Gasteiger partial charge is 0.493 e.